The number of anilines is 1. The first-order valence-corrected chi connectivity index (χ1v) is 10.4. The first-order valence-electron chi connectivity index (χ1n) is 8.42. The second-order valence-corrected chi connectivity index (χ2v) is 8.52. The van der Waals surface area contributed by atoms with Gasteiger partial charge in [0.2, 0.25) is 5.91 Å². The van der Waals surface area contributed by atoms with Crippen molar-refractivity contribution in [1.82, 2.24) is 5.32 Å². The predicted octanol–water partition coefficient (Wildman–Crippen LogP) is 4.82. The molecule has 1 atom stereocenters. The quantitative estimate of drug-likeness (QED) is 0.518. The lowest BCUT2D eigenvalue weighted by molar-refractivity contribution is -0.117. The summed E-state index contributed by atoms with van der Waals surface area (Å²) in [5.74, 6) is -0.799. The topological polar surface area (TPSA) is 73.2 Å². The van der Waals surface area contributed by atoms with Gasteiger partial charge in [-0.3, -0.25) is 14.5 Å². The first kappa shape index (κ1) is 21.5. The second-order valence-electron chi connectivity index (χ2n) is 6.08. The summed E-state index contributed by atoms with van der Waals surface area (Å²) in [6.07, 6.45) is 0.362. The Bertz CT molecular complexity index is 1050. The highest BCUT2D eigenvalue weighted by Gasteiger charge is 2.40. The third-order valence-corrected chi connectivity index (χ3v) is 6.48. The molecule has 1 fully saturated rings. The molecule has 0 bridgehead atoms. The molecule has 0 aromatic heterocycles. The highest BCUT2D eigenvalue weighted by atomic mass is 35.5. The van der Waals surface area contributed by atoms with Crippen molar-refractivity contribution in [2.75, 3.05) is 11.9 Å². The van der Waals surface area contributed by atoms with Crippen LogP contribution in [0.5, 0.6) is 0 Å². The van der Waals surface area contributed by atoms with Gasteiger partial charge >= 0.3 is 0 Å². The van der Waals surface area contributed by atoms with Crippen LogP contribution in [0.4, 0.5) is 5.69 Å². The van der Waals surface area contributed by atoms with E-state index in [4.69, 9.17) is 34.8 Å². The average Bonchev–Trinajstić information content (AvgIpc) is 3.01. The van der Waals surface area contributed by atoms with E-state index >= 15 is 0 Å². The van der Waals surface area contributed by atoms with E-state index in [1.54, 1.807) is 42.5 Å². The van der Waals surface area contributed by atoms with Crippen molar-refractivity contribution in [2.45, 2.75) is 11.7 Å². The first-order chi connectivity index (χ1) is 13.8. The van der Waals surface area contributed by atoms with Gasteiger partial charge in [0.25, 0.3) is 5.91 Å². The largest absolute Gasteiger partial charge is 0.354 e. The number of nitriles is 1. The lowest BCUT2D eigenvalue weighted by atomic mass is 10.1. The summed E-state index contributed by atoms with van der Waals surface area (Å²) in [6.45, 7) is 0. The number of carbonyl (C=O) groups is 2. The minimum atomic E-state index is -0.558. The molecule has 148 valence electrons. The molecule has 0 spiro atoms. The Morgan fingerprint density at radius 2 is 1.86 bits per heavy atom. The molecule has 3 rings (SSSR count). The van der Waals surface area contributed by atoms with Crippen LogP contribution in [-0.2, 0) is 16.0 Å². The standard InChI is InChI=1S/C20H14Cl3N3O2S/c1-25-18(27)14(10-24)20-26(13-5-3-12(21)4-6-13)19(28)17(29-20)9-11-2-7-15(22)16(23)8-11/h2-8,17H,9H2,1H3,(H,25,27)/b20-14-/t17-/m1/s1. The molecule has 2 aromatic rings. The summed E-state index contributed by atoms with van der Waals surface area (Å²) in [4.78, 5) is 26.8. The number of benzene rings is 2. The lowest BCUT2D eigenvalue weighted by Crippen LogP contribution is -2.31. The van der Waals surface area contributed by atoms with E-state index in [1.165, 1.54) is 23.7 Å². The Balaban J connectivity index is 2.03. The molecular weight excluding hydrogens is 453 g/mol. The Morgan fingerprint density at radius 1 is 1.17 bits per heavy atom. The number of hydrogen-bond donors (Lipinski definition) is 1. The van der Waals surface area contributed by atoms with Crippen molar-refractivity contribution in [2.24, 2.45) is 0 Å². The van der Waals surface area contributed by atoms with Crippen molar-refractivity contribution >= 4 is 64.1 Å². The minimum Gasteiger partial charge on any atom is -0.354 e. The van der Waals surface area contributed by atoms with E-state index in [2.05, 4.69) is 5.32 Å². The summed E-state index contributed by atoms with van der Waals surface area (Å²) in [6, 6.07) is 13.7. The lowest BCUT2D eigenvalue weighted by Gasteiger charge is -2.18. The van der Waals surface area contributed by atoms with Crippen LogP contribution in [0.15, 0.2) is 53.1 Å². The van der Waals surface area contributed by atoms with Crippen molar-refractivity contribution in [1.29, 1.82) is 5.26 Å². The van der Waals surface area contributed by atoms with Crippen molar-refractivity contribution in [3.63, 3.8) is 0 Å². The number of thioether (sulfide) groups is 1. The van der Waals surface area contributed by atoms with E-state index in [0.717, 1.165) is 5.56 Å². The zero-order valence-electron chi connectivity index (χ0n) is 15.1. The maximum Gasteiger partial charge on any atom is 0.264 e. The maximum absolute atomic E-state index is 13.2. The molecule has 0 saturated carbocycles. The van der Waals surface area contributed by atoms with Crippen molar-refractivity contribution < 1.29 is 9.59 Å². The molecule has 29 heavy (non-hydrogen) atoms. The molecular formula is C20H14Cl3N3O2S. The molecule has 5 nitrogen and oxygen atoms in total. The molecule has 0 aliphatic carbocycles. The molecule has 2 amide bonds. The number of hydrogen-bond acceptors (Lipinski definition) is 4. The SMILES string of the molecule is CNC(=O)/C(C#N)=C1\S[C@H](Cc2ccc(Cl)c(Cl)c2)C(=O)N1c1ccc(Cl)cc1. The van der Waals surface area contributed by atoms with Gasteiger partial charge in [-0.2, -0.15) is 5.26 Å². The number of likely N-dealkylation sites (N-methyl/N-ethyl adjacent to an activating group) is 1. The van der Waals surface area contributed by atoms with Gasteiger partial charge in [-0.05, 0) is 48.4 Å². The summed E-state index contributed by atoms with van der Waals surface area (Å²) in [7, 11) is 1.43. The molecule has 1 N–H and O–H groups in total. The molecule has 0 unspecified atom stereocenters. The van der Waals surface area contributed by atoms with Gasteiger partial charge in [0.05, 0.1) is 15.3 Å². The number of rotatable bonds is 4. The average molecular weight is 467 g/mol. The third-order valence-electron chi connectivity index (χ3n) is 4.22. The van der Waals surface area contributed by atoms with Gasteiger partial charge in [-0.15, -0.1) is 0 Å². The van der Waals surface area contributed by atoms with Gasteiger partial charge < -0.3 is 5.32 Å². The summed E-state index contributed by atoms with van der Waals surface area (Å²) in [5, 5.41) is 13.1. The number of amides is 2. The van der Waals surface area contributed by atoms with E-state index in [-0.39, 0.29) is 16.5 Å². The molecule has 1 saturated heterocycles. The highest BCUT2D eigenvalue weighted by molar-refractivity contribution is 8.05. The van der Waals surface area contributed by atoms with Crippen LogP contribution in [0.3, 0.4) is 0 Å². The predicted molar refractivity (Wildman–Crippen MR) is 117 cm³/mol. The summed E-state index contributed by atoms with van der Waals surface area (Å²) >= 11 is 19.2. The third kappa shape index (κ3) is 4.54. The number of nitrogens with zero attached hydrogens (tertiary/aromatic N) is 2. The van der Waals surface area contributed by atoms with E-state index in [9.17, 15) is 14.9 Å². The van der Waals surface area contributed by atoms with E-state index in [0.29, 0.717) is 27.2 Å². The number of nitrogens with one attached hydrogen (secondary N) is 1. The zero-order valence-corrected chi connectivity index (χ0v) is 18.2. The summed E-state index contributed by atoms with van der Waals surface area (Å²) < 4.78 is 0. The van der Waals surface area contributed by atoms with Gasteiger partial charge in [0.15, 0.2) is 0 Å². The molecule has 1 aliphatic heterocycles. The Kier molecular flexibility index (Phi) is 6.76. The molecule has 2 aromatic carbocycles. The molecule has 1 heterocycles. The minimum absolute atomic E-state index is 0.127. The van der Waals surface area contributed by atoms with Crippen LogP contribution in [0.25, 0.3) is 0 Å². The summed E-state index contributed by atoms with van der Waals surface area (Å²) in [5.41, 5.74) is 1.22. The second kappa shape index (κ2) is 9.10. The fourth-order valence-electron chi connectivity index (χ4n) is 2.82. The Hall–Kier alpha value is -2.17. The van der Waals surface area contributed by atoms with E-state index < -0.39 is 11.2 Å². The molecule has 1 aliphatic rings. The van der Waals surface area contributed by atoms with Crippen LogP contribution in [0.2, 0.25) is 15.1 Å². The highest BCUT2D eigenvalue weighted by Crippen LogP contribution is 2.42. The van der Waals surface area contributed by atoms with Crippen LogP contribution in [-0.4, -0.2) is 24.1 Å². The van der Waals surface area contributed by atoms with Gasteiger partial charge in [-0.25, -0.2) is 0 Å². The number of halogens is 3. The van der Waals surface area contributed by atoms with Gasteiger partial charge in [-0.1, -0.05) is 52.6 Å². The fraction of sp³-hybridized carbons (Fsp3) is 0.150. The Morgan fingerprint density at radius 3 is 2.45 bits per heavy atom. The molecule has 0 radical (unpaired) electrons. The van der Waals surface area contributed by atoms with E-state index in [1.807, 2.05) is 6.07 Å². The van der Waals surface area contributed by atoms with Gasteiger partial charge in [0, 0.05) is 17.8 Å². The van der Waals surface area contributed by atoms with Crippen LogP contribution in [0, 0.1) is 11.3 Å². The fourth-order valence-corrected chi connectivity index (χ4v) is 4.57. The number of carbonyl (C=O) groups excluding carboxylic acids is 2. The van der Waals surface area contributed by atoms with Crippen LogP contribution < -0.4 is 10.2 Å². The normalized spacial score (nSPS) is 17.8. The van der Waals surface area contributed by atoms with Gasteiger partial charge in [0.1, 0.15) is 16.7 Å². The van der Waals surface area contributed by atoms with Crippen LogP contribution >= 0.6 is 46.6 Å². The monoisotopic (exact) mass is 465 g/mol. The van der Waals surface area contributed by atoms with Crippen molar-refractivity contribution in [3.8, 4) is 6.07 Å². The molecule has 9 heteroatoms. The van der Waals surface area contributed by atoms with Crippen LogP contribution in [0.1, 0.15) is 5.56 Å². The maximum atomic E-state index is 13.2. The van der Waals surface area contributed by atoms with Crippen molar-refractivity contribution in [3.05, 3.63) is 73.7 Å². The Labute approximate surface area is 187 Å². The zero-order chi connectivity index (χ0) is 21.1. The smallest absolute Gasteiger partial charge is 0.264 e.